The summed E-state index contributed by atoms with van der Waals surface area (Å²) in [5.74, 6) is -0.547. The van der Waals surface area contributed by atoms with Gasteiger partial charge in [-0.2, -0.15) is 0 Å². The monoisotopic (exact) mass is 422 g/mol. The lowest BCUT2D eigenvalue weighted by Gasteiger charge is -2.40. The van der Waals surface area contributed by atoms with Crippen LogP contribution >= 0.6 is 7.82 Å². The summed E-state index contributed by atoms with van der Waals surface area (Å²) in [6.07, 6.45) is 7.96. The molecular formula is C20H41NO6P+. The van der Waals surface area contributed by atoms with Gasteiger partial charge in [-0.1, -0.05) is 46.6 Å². The number of rotatable bonds is 18. The summed E-state index contributed by atoms with van der Waals surface area (Å²) in [7, 11) is -4.61. The van der Waals surface area contributed by atoms with Gasteiger partial charge in [0.05, 0.1) is 38.9 Å². The van der Waals surface area contributed by atoms with Crippen molar-refractivity contribution in [1.29, 1.82) is 0 Å². The fourth-order valence-corrected chi connectivity index (χ4v) is 3.96. The Balaban J connectivity index is 5.11. The summed E-state index contributed by atoms with van der Waals surface area (Å²) < 4.78 is 22.3. The van der Waals surface area contributed by atoms with Gasteiger partial charge >= 0.3 is 13.8 Å². The second-order valence-electron chi connectivity index (χ2n) is 7.46. The van der Waals surface area contributed by atoms with Crippen molar-refractivity contribution in [2.24, 2.45) is 0 Å². The molecule has 0 aliphatic heterocycles. The molecule has 166 valence electrons. The molecule has 0 bridgehead atoms. The molecule has 0 aromatic rings. The second kappa shape index (κ2) is 15.2. The van der Waals surface area contributed by atoms with Crippen LogP contribution in [0.2, 0.25) is 0 Å². The Morgan fingerprint density at radius 3 is 1.89 bits per heavy atom. The van der Waals surface area contributed by atoms with Gasteiger partial charge in [0.2, 0.25) is 0 Å². The Morgan fingerprint density at radius 2 is 1.50 bits per heavy atom. The summed E-state index contributed by atoms with van der Waals surface area (Å²) in [5.41, 5.74) is 0. The number of nitrogens with zero attached hydrogens (tertiary/aromatic N) is 1. The number of hydrogen-bond acceptors (Lipinski definition) is 4. The van der Waals surface area contributed by atoms with Crippen LogP contribution in [-0.2, 0) is 18.6 Å². The van der Waals surface area contributed by atoms with E-state index in [-0.39, 0.29) is 13.0 Å². The van der Waals surface area contributed by atoms with Gasteiger partial charge < -0.3 is 19.0 Å². The third-order valence-electron chi connectivity index (χ3n) is 5.02. The van der Waals surface area contributed by atoms with Crippen LogP contribution in [-0.4, -0.2) is 59.1 Å². The first-order chi connectivity index (χ1) is 13.2. The summed E-state index contributed by atoms with van der Waals surface area (Å²) in [5, 5.41) is 0. The average Bonchev–Trinajstić information content (AvgIpc) is 2.65. The minimum Gasteiger partial charge on any atom is -0.462 e. The zero-order valence-electron chi connectivity index (χ0n) is 18.0. The molecular weight excluding hydrogens is 381 g/mol. The van der Waals surface area contributed by atoms with E-state index in [1.807, 2.05) is 0 Å². The number of carbonyl (C=O) groups excluding carboxylic acids is 1. The van der Waals surface area contributed by atoms with E-state index < -0.39 is 19.9 Å². The van der Waals surface area contributed by atoms with Crippen molar-refractivity contribution < 1.29 is 32.9 Å². The van der Waals surface area contributed by atoms with Crippen LogP contribution in [0.4, 0.5) is 0 Å². The van der Waals surface area contributed by atoms with Crippen LogP contribution in [0.5, 0.6) is 0 Å². The van der Waals surface area contributed by atoms with Crippen molar-refractivity contribution in [3.63, 3.8) is 0 Å². The molecule has 0 saturated heterocycles. The molecule has 8 heteroatoms. The average molecular weight is 423 g/mol. The minimum absolute atomic E-state index is 0.0500. The van der Waals surface area contributed by atoms with E-state index in [0.717, 1.165) is 75.3 Å². The molecule has 2 N–H and O–H groups in total. The molecule has 0 heterocycles. The van der Waals surface area contributed by atoms with Crippen LogP contribution < -0.4 is 0 Å². The number of quaternary nitrogens is 1. The molecule has 7 nitrogen and oxygen atoms in total. The summed E-state index contributed by atoms with van der Waals surface area (Å²) in [4.78, 5) is 29.7. The van der Waals surface area contributed by atoms with Gasteiger partial charge in [-0.25, -0.2) is 9.36 Å². The Kier molecular flexibility index (Phi) is 14.8. The van der Waals surface area contributed by atoms with E-state index in [2.05, 4.69) is 27.4 Å². The molecule has 0 aliphatic carbocycles. The predicted molar refractivity (Wildman–Crippen MR) is 112 cm³/mol. The molecule has 0 fully saturated rings. The van der Waals surface area contributed by atoms with Gasteiger partial charge in [0.15, 0.2) is 0 Å². The number of phosphoric ester groups is 1. The molecule has 0 aliphatic rings. The lowest BCUT2D eigenvalue weighted by atomic mass is 10.1. The zero-order valence-corrected chi connectivity index (χ0v) is 18.9. The van der Waals surface area contributed by atoms with Crippen LogP contribution in [0, 0.1) is 0 Å². The highest BCUT2D eigenvalue weighted by Crippen LogP contribution is 2.39. The number of esters is 1. The smallest absolute Gasteiger partial charge is 0.462 e. The van der Waals surface area contributed by atoms with Crippen LogP contribution in [0.25, 0.3) is 0 Å². The van der Waals surface area contributed by atoms with Crippen molar-refractivity contribution in [3.8, 4) is 0 Å². The topological polar surface area (TPSA) is 93.1 Å². The maximum atomic E-state index is 11.4. The van der Waals surface area contributed by atoms with Gasteiger partial charge in [0.1, 0.15) is 0 Å². The standard InChI is InChI=1S/C20H40NO6P/c1-5-9-14-21(15-10-6-2,16-11-7-3)17-12-19(27-28(23,24)25)13-18-26-20(22)8-4/h8,19H,4-7,9-18H2,1-3H3,(H-,23,24,25)/p+1. The Morgan fingerprint density at radius 1 is 1.00 bits per heavy atom. The van der Waals surface area contributed by atoms with E-state index in [4.69, 9.17) is 9.26 Å². The van der Waals surface area contributed by atoms with E-state index in [1.54, 1.807) is 0 Å². The van der Waals surface area contributed by atoms with Gasteiger partial charge in [-0.05, 0) is 19.3 Å². The number of hydrogen-bond donors (Lipinski definition) is 2. The number of phosphoric acid groups is 1. The van der Waals surface area contributed by atoms with Gasteiger partial charge in [-0.3, -0.25) is 4.52 Å². The Labute approximate surface area is 170 Å². The summed E-state index contributed by atoms with van der Waals surface area (Å²) in [6.45, 7) is 14.0. The highest BCUT2D eigenvalue weighted by molar-refractivity contribution is 7.46. The van der Waals surface area contributed by atoms with Crippen LogP contribution in [0.15, 0.2) is 12.7 Å². The Bertz CT molecular complexity index is 458. The normalized spacial score (nSPS) is 13.3. The quantitative estimate of drug-likeness (QED) is 0.149. The van der Waals surface area contributed by atoms with Crippen molar-refractivity contribution in [3.05, 3.63) is 12.7 Å². The van der Waals surface area contributed by atoms with Gasteiger partial charge in [0.25, 0.3) is 0 Å². The van der Waals surface area contributed by atoms with Crippen molar-refractivity contribution in [2.75, 3.05) is 32.8 Å². The van der Waals surface area contributed by atoms with Gasteiger partial charge in [-0.15, -0.1) is 0 Å². The summed E-state index contributed by atoms with van der Waals surface area (Å²) >= 11 is 0. The third kappa shape index (κ3) is 13.5. The van der Waals surface area contributed by atoms with E-state index in [9.17, 15) is 19.1 Å². The fourth-order valence-electron chi connectivity index (χ4n) is 3.36. The molecule has 28 heavy (non-hydrogen) atoms. The lowest BCUT2D eigenvalue weighted by Crippen LogP contribution is -2.51. The highest BCUT2D eigenvalue weighted by atomic mass is 31.2. The van der Waals surface area contributed by atoms with Crippen molar-refractivity contribution in [1.82, 2.24) is 0 Å². The SMILES string of the molecule is C=CC(=O)OCCC(CC[N+](CCCC)(CCCC)CCCC)OP(=O)(O)O. The number of carbonyl (C=O) groups is 1. The van der Waals surface area contributed by atoms with E-state index >= 15 is 0 Å². The minimum atomic E-state index is -4.61. The molecule has 0 aromatic carbocycles. The molecule has 0 aromatic heterocycles. The van der Waals surface area contributed by atoms with Crippen molar-refractivity contribution >= 4 is 13.8 Å². The molecule has 0 spiro atoms. The first-order valence-electron chi connectivity index (χ1n) is 10.6. The summed E-state index contributed by atoms with van der Waals surface area (Å²) in [6, 6.07) is 0. The number of ether oxygens (including phenoxy) is 1. The second-order valence-corrected chi connectivity index (χ2v) is 8.66. The number of unbranched alkanes of at least 4 members (excludes halogenated alkanes) is 3. The largest absolute Gasteiger partial charge is 0.469 e. The maximum absolute atomic E-state index is 11.4. The Hall–Kier alpha value is -0.720. The molecule has 0 radical (unpaired) electrons. The highest BCUT2D eigenvalue weighted by Gasteiger charge is 2.30. The molecule has 1 atom stereocenters. The van der Waals surface area contributed by atoms with Crippen LogP contribution in [0.3, 0.4) is 0 Å². The van der Waals surface area contributed by atoms with E-state index in [1.165, 1.54) is 0 Å². The lowest BCUT2D eigenvalue weighted by molar-refractivity contribution is -0.929. The van der Waals surface area contributed by atoms with Gasteiger partial charge in [0, 0.05) is 18.9 Å². The van der Waals surface area contributed by atoms with E-state index in [0.29, 0.717) is 6.42 Å². The third-order valence-corrected chi connectivity index (χ3v) is 5.59. The zero-order chi connectivity index (χ0) is 21.5. The fraction of sp³-hybridized carbons (Fsp3) is 0.850. The van der Waals surface area contributed by atoms with Crippen molar-refractivity contribution in [2.45, 2.75) is 78.2 Å². The molecule has 0 saturated carbocycles. The molecule has 0 rings (SSSR count). The first-order valence-corrected chi connectivity index (χ1v) is 12.1. The first kappa shape index (κ1) is 27.3. The molecule has 1 unspecified atom stereocenters. The predicted octanol–water partition coefficient (Wildman–Crippen LogP) is 4.19. The molecule has 0 amide bonds. The van der Waals surface area contributed by atoms with Crippen LogP contribution in [0.1, 0.15) is 72.1 Å². The maximum Gasteiger partial charge on any atom is 0.469 e.